The van der Waals surface area contributed by atoms with E-state index in [1.807, 2.05) is 0 Å². The fourth-order valence-electron chi connectivity index (χ4n) is 5.29. The van der Waals surface area contributed by atoms with E-state index in [9.17, 15) is 40.3 Å². The number of nitrogens with zero attached hydrogens (tertiary/aromatic N) is 2. The van der Waals surface area contributed by atoms with Gasteiger partial charge in [-0.15, -0.1) is 0 Å². The van der Waals surface area contributed by atoms with Crippen LogP contribution in [0.25, 0.3) is 0 Å². The van der Waals surface area contributed by atoms with Crippen molar-refractivity contribution in [3.05, 3.63) is 70.0 Å². The van der Waals surface area contributed by atoms with Gasteiger partial charge in [-0.25, -0.2) is 9.18 Å². The van der Waals surface area contributed by atoms with E-state index >= 15 is 0 Å². The number of carbonyl (C=O) groups is 2. The van der Waals surface area contributed by atoms with Gasteiger partial charge >= 0.3 is 18.4 Å². The summed E-state index contributed by atoms with van der Waals surface area (Å²) in [6.45, 7) is 9.63. The molecule has 3 rings (SSSR count). The van der Waals surface area contributed by atoms with Gasteiger partial charge in [-0.3, -0.25) is 4.79 Å². The number of rotatable bonds is 4. The van der Waals surface area contributed by atoms with Gasteiger partial charge in [0, 0.05) is 32.1 Å². The van der Waals surface area contributed by atoms with Crippen LogP contribution in [-0.2, 0) is 27.3 Å². The van der Waals surface area contributed by atoms with Crippen molar-refractivity contribution in [3.8, 4) is 0 Å². The van der Waals surface area contributed by atoms with Gasteiger partial charge in [-0.1, -0.05) is 6.07 Å². The van der Waals surface area contributed by atoms with Crippen LogP contribution in [-0.4, -0.2) is 53.6 Å². The molecule has 0 spiro atoms. The molecule has 2 aromatic rings. The van der Waals surface area contributed by atoms with E-state index in [4.69, 9.17) is 4.74 Å². The quantitative estimate of drug-likeness (QED) is 0.336. The molecule has 5 nitrogen and oxygen atoms in total. The first-order valence-electron chi connectivity index (χ1n) is 13.3. The van der Waals surface area contributed by atoms with E-state index in [2.05, 4.69) is 0 Å². The maximum absolute atomic E-state index is 14.0. The van der Waals surface area contributed by atoms with Gasteiger partial charge in [-0.05, 0) is 95.0 Å². The largest absolute Gasteiger partial charge is 0.444 e. The first kappa shape index (κ1) is 33.2. The minimum atomic E-state index is -5.07. The van der Waals surface area contributed by atoms with Crippen LogP contribution in [0, 0.1) is 12.7 Å². The number of piperidine rings is 1. The molecule has 1 saturated heterocycles. The van der Waals surface area contributed by atoms with Crippen molar-refractivity contribution < 1.29 is 45.1 Å². The lowest BCUT2D eigenvalue weighted by Gasteiger charge is -2.45. The zero-order chi connectivity index (χ0) is 32.0. The van der Waals surface area contributed by atoms with Crippen molar-refractivity contribution in [2.24, 2.45) is 0 Å². The predicted molar refractivity (Wildman–Crippen MR) is 142 cm³/mol. The molecule has 1 aliphatic rings. The smallest absolute Gasteiger partial charge is 0.416 e. The molecule has 2 atom stereocenters. The summed E-state index contributed by atoms with van der Waals surface area (Å²) in [6, 6.07) is 4.64. The van der Waals surface area contributed by atoms with Crippen molar-refractivity contribution in [1.29, 1.82) is 0 Å². The lowest BCUT2D eigenvalue weighted by Crippen LogP contribution is -2.55. The Hall–Kier alpha value is -3.31. The monoisotopic (exact) mass is 604 g/mol. The average molecular weight is 605 g/mol. The Labute approximate surface area is 240 Å². The topological polar surface area (TPSA) is 49.9 Å². The fraction of sp³-hybridized carbons (Fsp3) is 0.533. The normalized spacial score (nSPS) is 18.6. The molecule has 2 amide bonds. The van der Waals surface area contributed by atoms with Gasteiger partial charge in [0.05, 0.1) is 16.5 Å². The highest BCUT2D eigenvalue weighted by molar-refractivity contribution is 5.87. The molecular weight excluding hydrogens is 569 g/mol. The Bertz CT molecular complexity index is 1300. The summed E-state index contributed by atoms with van der Waals surface area (Å²) in [5.41, 5.74) is -4.83. The molecule has 1 heterocycles. The van der Waals surface area contributed by atoms with E-state index in [0.29, 0.717) is 23.3 Å². The average Bonchev–Trinajstić information content (AvgIpc) is 2.85. The highest BCUT2D eigenvalue weighted by Gasteiger charge is 2.44. The summed E-state index contributed by atoms with van der Waals surface area (Å²) >= 11 is 0. The highest BCUT2D eigenvalue weighted by Crippen LogP contribution is 2.41. The Morgan fingerprint density at radius 1 is 0.881 bits per heavy atom. The van der Waals surface area contributed by atoms with Crippen molar-refractivity contribution in [3.63, 3.8) is 0 Å². The van der Waals surface area contributed by atoms with Crippen molar-refractivity contribution >= 4 is 12.0 Å². The number of carbonyl (C=O) groups excluding carboxylic acids is 2. The zero-order valence-electron chi connectivity index (χ0n) is 24.5. The molecule has 1 fully saturated rings. The second kappa shape index (κ2) is 11.4. The van der Waals surface area contributed by atoms with Crippen LogP contribution in [0.3, 0.4) is 0 Å². The van der Waals surface area contributed by atoms with E-state index in [-0.39, 0.29) is 25.6 Å². The maximum Gasteiger partial charge on any atom is 0.416 e. The summed E-state index contributed by atoms with van der Waals surface area (Å²) < 4.78 is 101. The Kier molecular flexibility index (Phi) is 9.02. The second-order valence-electron chi connectivity index (χ2n) is 12.2. The summed E-state index contributed by atoms with van der Waals surface area (Å²) in [5, 5.41) is 0. The number of benzene rings is 2. The molecule has 1 aliphatic heterocycles. The number of likely N-dealkylation sites (N-methyl/N-ethyl adjacent to an activating group) is 1. The van der Waals surface area contributed by atoms with Crippen molar-refractivity contribution in [2.75, 3.05) is 20.1 Å². The maximum atomic E-state index is 14.0. The first-order valence-corrected chi connectivity index (χ1v) is 13.3. The summed E-state index contributed by atoms with van der Waals surface area (Å²) in [5.74, 6) is -1.75. The third kappa shape index (κ3) is 7.36. The molecule has 232 valence electrons. The van der Waals surface area contributed by atoms with E-state index in [0.717, 1.165) is 0 Å². The number of hydrogen-bond acceptors (Lipinski definition) is 3. The first-order chi connectivity index (χ1) is 19.0. The van der Waals surface area contributed by atoms with Crippen LogP contribution in [0.15, 0.2) is 36.4 Å². The number of ether oxygens (including phenoxy) is 1. The SMILES string of the molecule is Cc1cc(F)ccc1[C@H]1CN(C(=O)OC(C)(C)C)CC[C@H]1N(C)C(=O)C(C)(C)c1cc(C(F)(F)F)cc(C(F)(F)F)c1. The molecule has 0 N–H and O–H groups in total. The molecular formula is C30H35F7N2O3. The fourth-order valence-corrected chi connectivity index (χ4v) is 5.29. The van der Waals surface area contributed by atoms with Gasteiger partial charge in [-0.2, -0.15) is 26.3 Å². The zero-order valence-corrected chi connectivity index (χ0v) is 24.5. The number of alkyl halides is 6. The Morgan fingerprint density at radius 2 is 1.40 bits per heavy atom. The number of amides is 2. The highest BCUT2D eigenvalue weighted by atomic mass is 19.4. The lowest BCUT2D eigenvalue weighted by molar-refractivity contribution is -0.144. The molecule has 0 saturated carbocycles. The number of aryl methyl sites for hydroxylation is 1. The molecule has 0 aromatic heterocycles. The Morgan fingerprint density at radius 3 is 1.88 bits per heavy atom. The van der Waals surface area contributed by atoms with Gasteiger partial charge < -0.3 is 14.5 Å². The van der Waals surface area contributed by atoms with Crippen LogP contribution < -0.4 is 0 Å². The third-order valence-corrected chi connectivity index (χ3v) is 7.52. The summed E-state index contributed by atoms with van der Waals surface area (Å²) in [6.07, 6.45) is -10.5. The number of likely N-dealkylation sites (tertiary alicyclic amines) is 1. The molecule has 0 unspecified atom stereocenters. The van der Waals surface area contributed by atoms with Crippen molar-refractivity contribution in [1.82, 2.24) is 9.80 Å². The number of hydrogen-bond donors (Lipinski definition) is 0. The van der Waals surface area contributed by atoms with Gasteiger partial charge in [0.2, 0.25) is 5.91 Å². The third-order valence-electron chi connectivity index (χ3n) is 7.52. The summed E-state index contributed by atoms with van der Waals surface area (Å²) in [7, 11) is 1.43. The predicted octanol–water partition coefficient (Wildman–Crippen LogP) is 7.70. The van der Waals surface area contributed by atoms with Gasteiger partial charge in [0.1, 0.15) is 11.4 Å². The van der Waals surface area contributed by atoms with E-state index < -0.39 is 69.8 Å². The van der Waals surface area contributed by atoms with E-state index in [1.54, 1.807) is 33.8 Å². The molecule has 0 bridgehead atoms. The number of halogens is 7. The molecule has 2 aromatic carbocycles. The van der Waals surface area contributed by atoms with Gasteiger partial charge in [0.15, 0.2) is 0 Å². The van der Waals surface area contributed by atoms with Crippen LogP contribution in [0.4, 0.5) is 35.5 Å². The van der Waals surface area contributed by atoms with Crippen LogP contribution >= 0.6 is 0 Å². The Balaban J connectivity index is 2.03. The molecule has 42 heavy (non-hydrogen) atoms. The molecule has 0 aliphatic carbocycles. The minimum absolute atomic E-state index is 0.0213. The molecule has 12 heteroatoms. The molecule has 0 radical (unpaired) electrons. The standard InChI is InChI=1S/C30H35F7N2O3/c1-17-12-21(31)8-9-22(17)23-16-39(26(41)42-27(2,3)4)11-10-24(23)38(7)25(40)28(5,6)18-13-19(29(32,33)34)15-20(14-18)30(35,36)37/h8-9,12-15,23-24H,10-11,16H2,1-7H3/t23-,24-/m1/s1. The van der Waals surface area contributed by atoms with Crippen molar-refractivity contribution in [2.45, 2.75) is 83.3 Å². The van der Waals surface area contributed by atoms with Crippen LogP contribution in [0.5, 0.6) is 0 Å². The lowest BCUT2D eigenvalue weighted by atomic mass is 9.78. The second-order valence-corrected chi connectivity index (χ2v) is 12.2. The minimum Gasteiger partial charge on any atom is -0.444 e. The van der Waals surface area contributed by atoms with Crippen LogP contribution in [0.1, 0.15) is 74.8 Å². The van der Waals surface area contributed by atoms with Crippen LogP contribution in [0.2, 0.25) is 0 Å². The van der Waals surface area contributed by atoms with E-state index in [1.165, 1.54) is 42.8 Å². The van der Waals surface area contributed by atoms with Gasteiger partial charge in [0.25, 0.3) is 0 Å². The summed E-state index contributed by atoms with van der Waals surface area (Å²) in [4.78, 5) is 29.6.